The summed E-state index contributed by atoms with van der Waals surface area (Å²) in [6, 6.07) is 15.3. The second kappa shape index (κ2) is 8.82. The van der Waals surface area contributed by atoms with Crippen molar-refractivity contribution in [1.29, 1.82) is 0 Å². The lowest BCUT2D eigenvalue weighted by Gasteiger charge is -2.30. The maximum atomic E-state index is 13.6. The number of benzene rings is 2. The Morgan fingerprint density at radius 1 is 1.12 bits per heavy atom. The number of rotatable bonds is 5. The molecule has 0 radical (unpaired) electrons. The van der Waals surface area contributed by atoms with E-state index in [1.165, 1.54) is 12.0 Å². The molecule has 0 saturated heterocycles. The maximum Gasteiger partial charge on any atom is 0.354 e. The molecular weight excluding hydrogens is 410 g/mol. The van der Waals surface area contributed by atoms with Crippen molar-refractivity contribution in [1.82, 2.24) is 4.90 Å². The first-order valence-electron chi connectivity index (χ1n) is 10.5. The molecule has 2 heterocycles. The molecule has 3 atom stereocenters. The molecule has 2 aliphatic heterocycles. The normalized spacial score (nSPS) is 20.6. The highest BCUT2D eigenvalue weighted by Crippen LogP contribution is 2.36. The van der Waals surface area contributed by atoms with Gasteiger partial charge in [-0.3, -0.25) is 9.80 Å². The van der Waals surface area contributed by atoms with Gasteiger partial charge in [0.2, 0.25) is 5.91 Å². The molecule has 2 aromatic carbocycles. The van der Waals surface area contributed by atoms with Crippen LogP contribution in [0.1, 0.15) is 25.0 Å². The average Bonchev–Trinajstić information content (AvgIpc) is 3.11. The third-order valence-corrected chi connectivity index (χ3v) is 5.93. The van der Waals surface area contributed by atoms with Crippen molar-refractivity contribution in [2.45, 2.75) is 39.1 Å². The molecule has 8 heteroatoms. The zero-order valence-corrected chi connectivity index (χ0v) is 18.2. The number of hydrogen-bond acceptors (Lipinski definition) is 7. The van der Waals surface area contributed by atoms with Crippen LogP contribution in [0.2, 0.25) is 0 Å². The van der Waals surface area contributed by atoms with Gasteiger partial charge in [-0.25, -0.2) is 9.59 Å². The van der Waals surface area contributed by atoms with Crippen LogP contribution in [0.25, 0.3) is 0 Å². The number of methoxy groups -OCH3 is 1. The Kier molecular flexibility index (Phi) is 5.94. The third kappa shape index (κ3) is 3.84. The topological polar surface area (TPSA) is 88.5 Å². The van der Waals surface area contributed by atoms with Gasteiger partial charge >= 0.3 is 11.9 Å². The maximum absolute atomic E-state index is 13.6. The summed E-state index contributed by atoms with van der Waals surface area (Å²) in [5, 5.41) is 6.02. The minimum absolute atomic E-state index is 0.129. The number of amides is 1. The summed E-state index contributed by atoms with van der Waals surface area (Å²) in [6.45, 7) is 3.79. The zero-order chi connectivity index (χ0) is 22.8. The smallest absolute Gasteiger partial charge is 0.354 e. The number of esters is 2. The molecule has 2 aliphatic rings. The number of fused-ring (bicyclic) bond motifs is 3. The molecule has 0 unspecified atom stereocenters. The Hall–Kier alpha value is -3.68. The largest absolute Gasteiger partial charge is 0.464 e. The first-order chi connectivity index (χ1) is 15.4. The van der Waals surface area contributed by atoms with Gasteiger partial charge in [0.05, 0.1) is 12.8 Å². The lowest BCUT2D eigenvalue weighted by Crippen LogP contribution is -2.51. The summed E-state index contributed by atoms with van der Waals surface area (Å²) in [5.74, 6) is -1.86. The van der Waals surface area contributed by atoms with Crippen LogP contribution in [0.5, 0.6) is 0 Å². The molecule has 0 fully saturated rings. The van der Waals surface area contributed by atoms with Crippen LogP contribution in [0.15, 0.2) is 59.7 Å². The number of carbonyl (C=O) groups is 3. The van der Waals surface area contributed by atoms with Gasteiger partial charge in [-0.15, -0.1) is 0 Å². The van der Waals surface area contributed by atoms with Gasteiger partial charge in [0.1, 0.15) is 18.7 Å². The number of ether oxygens (including phenoxy) is 2. The molecule has 2 aromatic rings. The fraction of sp³-hybridized carbons (Fsp3) is 0.333. The summed E-state index contributed by atoms with van der Waals surface area (Å²) in [4.78, 5) is 40.2. The van der Waals surface area contributed by atoms with Gasteiger partial charge in [0.15, 0.2) is 5.71 Å². The lowest BCUT2D eigenvalue weighted by atomic mass is 9.96. The van der Waals surface area contributed by atoms with Gasteiger partial charge in [-0.1, -0.05) is 55.5 Å². The number of anilines is 1. The van der Waals surface area contributed by atoms with Crippen molar-refractivity contribution >= 4 is 29.2 Å². The summed E-state index contributed by atoms with van der Waals surface area (Å²) in [5.41, 5.74) is 2.60. The summed E-state index contributed by atoms with van der Waals surface area (Å²) in [6.07, 6.45) is 0. The van der Waals surface area contributed by atoms with Crippen LogP contribution in [-0.4, -0.2) is 47.7 Å². The summed E-state index contributed by atoms with van der Waals surface area (Å²) < 4.78 is 10.3. The van der Waals surface area contributed by atoms with E-state index in [1.54, 1.807) is 18.9 Å². The van der Waals surface area contributed by atoms with E-state index in [0.29, 0.717) is 0 Å². The van der Waals surface area contributed by atoms with Gasteiger partial charge in [-0.05, 0) is 24.1 Å². The van der Waals surface area contributed by atoms with Crippen LogP contribution in [-0.2, 0) is 37.0 Å². The summed E-state index contributed by atoms with van der Waals surface area (Å²) in [7, 11) is 1.29. The van der Waals surface area contributed by atoms with Crippen molar-refractivity contribution < 1.29 is 23.9 Å². The molecule has 0 aromatic heterocycles. The van der Waals surface area contributed by atoms with Crippen molar-refractivity contribution in [3.63, 3.8) is 0 Å². The van der Waals surface area contributed by atoms with E-state index in [2.05, 4.69) is 5.10 Å². The van der Waals surface area contributed by atoms with Gasteiger partial charge in [0.25, 0.3) is 0 Å². The van der Waals surface area contributed by atoms with Crippen LogP contribution in [0, 0.1) is 5.92 Å². The fourth-order valence-electron chi connectivity index (χ4n) is 4.09. The third-order valence-electron chi connectivity index (χ3n) is 5.93. The van der Waals surface area contributed by atoms with Crippen molar-refractivity contribution in [2.24, 2.45) is 11.0 Å². The van der Waals surface area contributed by atoms with Crippen LogP contribution < -0.4 is 5.01 Å². The molecule has 4 rings (SSSR count). The highest BCUT2D eigenvalue weighted by molar-refractivity contribution is 6.39. The first kappa shape index (κ1) is 21.5. The second-order valence-electron chi connectivity index (χ2n) is 7.92. The Bertz CT molecular complexity index is 1070. The number of carbonyl (C=O) groups excluding carboxylic acids is 3. The van der Waals surface area contributed by atoms with E-state index < -0.39 is 29.9 Å². The first-order valence-corrected chi connectivity index (χ1v) is 10.5. The van der Waals surface area contributed by atoms with Crippen LogP contribution in [0.4, 0.5) is 5.69 Å². The molecule has 0 saturated carbocycles. The Morgan fingerprint density at radius 3 is 2.53 bits per heavy atom. The quantitative estimate of drug-likeness (QED) is 0.671. The SMILES string of the molecule is COC(=O)C1=NN2c3ccccc3CN([C@@H](C)C(=O)OCc3ccccc3)C(=O)[C@@H]2[C@H]1C. The number of nitrogens with zero attached hydrogens (tertiary/aromatic N) is 3. The van der Waals surface area contributed by atoms with Gasteiger partial charge in [-0.2, -0.15) is 5.10 Å². The monoisotopic (exact) mass is 435 g/mol. The highest BCUT2D eigenvalue weighted by Gasteiger charge is 2.48. The highest BCUT2D eigenvalue weighted by atomic mass is 16.5. The van der Waals surface area contributed by atoms with E-state index >= 15 is 0 Å². The number of hydrogen-bond donors (Lipinski definition) is 0. The molecule has 1 amide bonds. The molecule has 0 bridgehead atoms. The predicted molar refractivity (Wildman–Crippen MR) is 118 cm³/mol. The second-order valence-corrected chi connectivity index (χ2v) is 7.92. The average molecular weight is 435 g/mol. The molecule has 0 N–H and O–H groups in total. The minimum Gasteiger partial charge on any atom is -0.464 e. The molecule has 0 aliphatic carbocycles. The Morgan fingerprint density at radius 2 is 1.81 bits per heavy atom. The minimum atomic E-state index is -0.811. The molecule has 8 nitrogen and oxygen atoms in total. The van der Waals surface area contributed by atoms with Crippen LogP contribution >= 0.6 is 0 Å². The van der Waals surface area contributed by atoms with E-state index in [4.69, 9.17) is 9.47 Å². The van der Waals surface area contributed by atoms with Crippen molar-refractivity contribution in [3.8, 4) is 0 Å². The van der Waals surface area contributed by atoms with E-state index in [9.17, 15) is 14.4 Å². The zero-order valence-electron chi connectivity index (χ0n) is 18.2. The Labute approximate surface area is 186 Å². The lowest BCUT2D eigenvalue weighted by molar-refractivity contribution is -0.156. The standard InChI is InChI=1S/C24H25N3O5/c1-15-20(24(30)31-3)25-27-19-12-8-7-11-18(19)13-26(22(28)21(15)27)16(2)23(29)32-14-17-9-5-4-6-10-17/h4-12,15-16,21H,13-14H2,1-3H3/t15-,16-,21-/m0/s1. The van der Waals surface area contributed by atoms with Crippen molar-refractivity contribution in [2.75, 3.05) is 12.1 Å². The molecule has 0 spiro atoms. The van der Waals surface area contributed by atoms with E-state index in [-0.39, 0.29) is 24.8 Å². The molecular formula is C24H25N3O5. The molecule has 166 valence electrons. The van der Waals surface area contributed by atoms with Gasteiger partial charge < -0.3 is 14.4 Å². The number of para-hydroxylation sites is 1. The fourth-order valence-corrected chi connectivity index (χ4v) is 4.09. The van der Waals surface area contributed by atoms with Crippen molar-refractivity contribution in [3.05, 3.63) is 65.7 Å². The predicted octanol–water partition coefficient (Wildman–Crippen LogP) is 2.51. The van der Waals surface area contributed by atoms with E-state index in [1.807, 2.05) is 54.6 Å². The van der Waals surface area contributed by atoms with E-state index in [0.717, 1.165) is 16.8 Å². The summed E-state index contributed by atoms with van der Waals surface area (Å²) >= 11 is 0. The molecule has 32 heavy (non-hydrogen) atoms. The van der Waals surface area contributed by atoms with Crippen LogP contribution in [0.3, 0.4) is 0 Å². The van der Waals surface area contributed by atoms with Gasteiger partial charge in [0, 0.05) is 12.5 Å². The Balaban J connectivity index is 1.62. The number of hydrazone groups is 1.